The maximum atomic E-state index is 12.9. The van der Waals surface area contributed by atoms with Gasteiger partial charge in [0.2, 0.25) is 10.0 Å². The number of halogens is 1. The number of hydrogen-bond donors (Lipinski definition) is 3. The molecule has 12 heteroatoms. The van der Waals surface area contributed by atoms with Crippen molar-refractivity contribution in [2.75, 3.05) is 17.1 Å². The van der Waals surface area contributed by atoms with Gasteiger partial charge in [0.05, 0.1) is 33.3 Å². The highest BCUT2D eigenvalue weighted by atomic mass is 35.5. The minimum atomic E-state index is -3.89. The summed E-state index contributed by atoms with van der Waals surface area (Å²) in [6, 6.07) is 14.1. The van der Waals surface area contributed by atoms with E-state index in [0.717, 1.165) is 5.56 Å². The summed E-state index contributed by atoms with van der Waals surface area (Å²) in [4.78, 5) is 12.9. The Morgan fingerprint density at radius 3 is 2.08 bits per heavy atom. The average Bonchev–Trinajstić information content (AvgIpc) is 2.79. The minimum Gasteiger partial charge on any atom is -0.495 e. The monoisotopic (exact) mass is 551 g/mol. The van der Waals surface area contributed by atoms with E-state index in [9.17, 15) is 21.6 Å². The van der Waals surface area contributed by atoms with Gasteiger partial charge in [0, 0.05) is 11.6 Å². The minimum absolute atomic E-state index is 0.00256. The number of sulfonamides is 2. The molecule has 0 heterocycles. The zero-order chi connectivity index (χ0) is 26.7. The Labute approximate surface area is 215 Å². The van der Waals surface area contributed by atoms with Crippen LogP contribution in [-0.2, 0) is 20.0 Å². The number of methoxy groups -OCH3 is 1. The standard InChI is InChI=1S/C24H26ClN3O6S2/c1-15(2)27-36(32,33)19-10-12-23(34-4)22(14-19)26-24(29)17-7-11-21(20(25)13-17)28-35(30,31)18-8-5-16(3)6-9-18/h5-15,27-28H,1-4H3,(H,26,29). The topological polar surface area (TPSA) is 131 Å². The lowest BCUT2D eigenvalue weighted by molar-refractivity contribution is 0.102. The molecule has 0 bridgehead atoms. The van der Waals surface area contributed by atoms with Crippen LogP contribution in [0.4, 0.5) is 11.4 Å². The molecule has 0 aromatic heterocycles. The molecule has 0 unspecified atom stereocenters. The van der Waals surface area contributed by atoms with E-state index in [1.54, 1.807) is 26.0 Å². The van der Waals surface area contributed by atoms with Gasteiger partial charge in [-0.3, -0.25) is 9.52 Å². The first-order valence-electron chi connectivity index (χ1n) is 10.7. The van der Waals surface area contributed by atoms with Crippen molar-refractivity contribution in [3.63, 3.8) is 0 Å². The third-order valence-electron chi connectivity index (χ3n) is 4.93. The van der Waals surface area contributed by atoms with Crippen LogP contribution in [0.3, 0.4) is 0 Å². The summed E-state index contributed by atoms with van der Waals surface area (Å²) in [6.07, 6.45) is 0. The Balaban J connectivity index is 1.84. The Morgan fingerprint density at radius 2 is 1.50 bits per heavy atom. The summed E-state index contributed by atoms with van der Waals surface area (Å²) in [6.45, 7) is 5.23. The second-order valence-corrected chi connectivity index (χ2v) is 12.0. The lowest BCUT2D eigenvalue weighted by Crippen LogP contribution is -2.30. The van der Waals surface area contributed by atoms with Crippen LogP contribution in [0.1, 0.15) is 29.8 Å². The molecule has 9 nitrogen and oxygen atoms in total. The molecule has 0 saturated carbocycles. The smallest absolute Gasteiger partial charge is 0.261 e. The van der Waals surface area contributed by atoms with Gasteiger partial charge in [-0.25, -0.2) is 21.6 Å². The van der Waals surface area contributed by atoms with Gasteiger partial charge in [0.25, 0.3) is 15.9 Å². The summed E-state index contributed by atoms with van der Waals surface area (Å²) in [5, 5.41) is 2.62. The molecule has 3 aromatic carbocycles. The Morgan fingerprint density at radius 1 is 0.861 bits per heavy atom. The zero-order valence-electron chi connectivity index (χ0n) is 20.0. The van der Waals surface area contributed by atoms with Crippen molar-refractivity contribution in [2.45, 2.75) is 36.6 Å². The number of ether oxygens (including phenoxy) is 1. The van der Waals surface area contributed by atoms with E-state index in [2.05, 4.69) is 14.8 Å². The molecule has 0 atom stereocenters. The van der Waals surface area contributed by atoms with Crippen molar-refractivity contribution >= 4 is 48.9 Å². The van der Waals surface area contributed by atoms with Gasteiger partial charge in [0.15, 0.2) is 0 Å². The average molecular weight is 552 g/mol. The summed E-state index contributed by atoms with van der Waals surface area (Å²) >= 11 is 6.27. The first kappa shape index (κ1) is 27.5. The van der Waals surface area contributed by atoms with Crippen molar-refractivity contribution in [1.29, 1.82) is 0 Å². The number of nitrogens with one attached hydrogen (secondary N) is 3. The summed E-state index contributed by atoms with van der Waals surface area (Å²) < 4.78 is 60.5. The first-order valence-corrected chi connectivity index (χ1v) is 14.1. The van der Waals surface area contributed by atoms with Crippen LogP contribution in [0.15, 0.2) is 70.5 Å². The second-order valence-electron chi connectivity index (χ2n) is 8.21. The maximum absolute atomic E-state index is 12.9. The molecule has 0 aliphatic carbocycles. The van der Waals surface area contributed by atoms with Gasteiger partial charge in [-0.2, -0.15) is 0 Å². The molecule has 0 spiro atoms. The fourth-order valence-electron chi connectivity index (χ4n) is 3.18. The second kappa shape index (κ2) is 10.9. The highest BCUT2D eigenvalue weighted by Gasteiger charge is 2.20. The van der Waals surface area contributed by atoms with Gasteiger partial charge in [-0.05, 0) is 69.3 Å². The predicted octanol–water partition coefficient (Wildman–Crippen LogP) is 4.40. The highest BCUT2D eigenvalue weighted by molar-refractivity contribution is 7.92. The van der Waals surface area contributed by atoms with Crippen LogP contribution in [0.5, 0.6) is 5.75 Å². The van der Waals surface area contributed by atoms with E-state index < -0.39 is 26.0 Å². The van der Waals surface area contributed by atoms with E-state index in [1.807, 2.05) is 6.92 Å². The van der Waals surface area contributed by atoms with Crippen LogP contribution < -0.4 is 19.5 Å². The SMILES string of the molecule is COc1ccc(S(=O)(=O)NC(C)C)cc1NC(=O)c1ccc(NS(=O)(=O)c2ccc(C)cc2)c(Cl)c1. The number of hydrogen-bond acceptors (Lipinski definition) is 6. The van der Waals surface area contributed by atoms with Gasteiger partial charge >= 0.3 is 0 Å². The van der Waals surface area contributed by atoms with Crippen LogP contribution in [0.25, 0.3) is 0 Å². The van der Waals surface area contributed by atoms with Crippen LogP contribution >= 0.6 is 11.6 Å². The van der Waals surface area contributed by atoms with Crippen molar-refractivity contribution < 1.29 is 26.4 Å². The lowest BCUT2D eigenvalue weighted by Gasteiger charge is -2.15. The van der Waals surface area contributed by atoms with E-state index in [4.69, 9.17) is 16.3 Å². The number of rotatable bonds is 9. The molecule has 3 N–H and O–H groups in total. The number of carbonyl (C=O) groups excluding carboxylic acids is 1. The number of anilines is 2. The molecule has 36 heavy (non-hydrogen) atoms. The van der Waals surface area contributed by atoms with Gasteiger partial charge in [-0.15, -0.1) is 0 Å². The number of carbonyl (C=O) groups is 1. The Bertz CT molecular complexity index is 1490. The maximum Gasteiger partial charge on any atom is 0.261 e. The summed E-state index contributed by atoms with van der Waals surface area (Å²) in [7, 11) is -6.30. The van der Waals surface area contributed by atoms with Gasteiger partial charge < -0.3 is 10.1 Å². The van der Waals surface area contributed by atoms with Crippen LogP contribution in [0.2, 0.25) is 5.02 Å². The largest absolute Gasteiger partial charge is 0.495 e. The van der Waals surface area contributed by atoms with Gasteiger partial charge in [0.1, 0.15) is 5.75 Å². The predicted molar refractivity (Wildman–Crippen MR) is 140 cm³/mol. The fourth-order valence-corrected chi connectivity index (χ4v) is 5.83. The Kier molecular flexibility index (Phi) is 8.29. The molecule has 1 amide bonds. The first-order chi connectivity index (χ1) is 16.8. The highest BCUT2D eigenvalue weighted by Crippen LogP contribution is 2.30. The molecule has 0 saturated heterocycles. The van der Waals surface area contributed by atoms with Crippen LogP contribution in [0, 0.1) is 6.92 Å². The van der Waals surface area contributed by atoms with E-state index in [-0.39, 0.29) is 43.5 Å². The van der Waals surface area contributed by atoms with Gasteiger partial charge in [-0.1, -0.05) is 29.3 Å². The molecular weight excluding hydrogens is 526 g/mol. The third kappa shape index (κ3) is 6.55. The van der Waals surface area contributed by atoms with Crippen LogP contribution in [-0.4, -0.2) is 35.9 Å². The van der Waals surface area contributed by atoms with E-state index in [0.29, 0.717) is 0 Å². The molecule has 192 valence electrons. The quantitative estimate of drug-likeness (QED) is 0.361. The van der Waals surface area contributed by atoms with Crippen molar-refractivity contribution in [1.82, 2.24) is 4.72 Å². The zero-order valence-corrected chi connectivity index (χ0v) is 22.4. The fraction of sp³-hybridized carbons (Fsp3) is 0.208. The third-order valence-corrected chi connectivity index (χ3v) is 8.28. The number of amides is 1. The van der Waals surface area contributed by atoms with E-state index in [1.165, 1.54) is 55.6 Å². The summed E-state index contributed by atoms with van der Waals surface area (Å²) in [5.74, 6) is -0.352. The molecule has 0 radical (unpaired) electrons. The number of benzene rings is 3. The molecule has 0 aliphatic heterocycles. The molecule has 3 rings (SSSR count). The molecular formula is C24H26ClN3O6S2. The Hall–Kier alpha value is -3.12. The molecule has 0 aliphatic rings. The lowest BCUT2D eigenvalue weighted by atomic mass is 10.2. The van der Waals surface area contributed by atoms with Crippen molar-refractivity contribution in [2.24, 2.45) is 0 Å². The normalized spacial score (nSPS) is 11.8. The molecule has 0 fully saturated rings. The molecule has 3 aromatic rings. The summed E-state index contributed by atoms with van der Waals surface area (Å²) in [5.41, 5.74) is 1.26. The van der Waals surface area contributed by atoms with Crippen molar-refractivity contribution in [3.05, 3.63) is 76.8 Å². The van der Waals surface area contributed by atoms with E-state index >= 15 is 0 Å². The van der Waals surface area contributed by atoms with Crippen molar-refractivity contribution in [3.8, 4) is 5.75 Å². The number of aryl methyl sites for hydroxylation is 1.